The number of phenolic OH excluding ortho intramolecular Hbond substituents is 1. The van der Waals surface area contributed by atoms with Crippen molar-refractivity contribution in [3.05, 3.63) is 41.7 Å². The molecule has 0 bridgehead atoms. The summed E-state index contributed by atoms with van der Waals surface area (Å²) in [6.07, 6.45) is 2.01. The number of fused-ring (bicyclic) bond motifs is 3. The van der Waals surface area contributed by atoms with Crippen molar-refractivity contribution in [1.29, 1.82) is 0 Å². The minimum absolute atomic E-state index is 0.298. The summed E-state index contributed by atoms with van der Waals surface area (Å²) in [6, 6.07) is 7.45. The smallest absolute Gasteiger partial charge is 0.137 e. The van der Waals surface area contributed by atoms with Gasteiger partial charge in [-0.1, -0.05) is 0 Å². The van der Waals surface area contributed by atoms with Gasteiger partial charge in [0.15, 0.2) is 0 Å². The summed E-state index contributed by atoms with van der Waals surface area (Å²) in [5.41, 5.74) is 4.16. The molecule has 0 fully saturated rings. The van der Waals surface area contributed by atoms with E-state index >= 15 is 0 Å². The number of imidazole rings is 1. The Bertz CT molecular complexity index is 698. The highest BCUT2D eigenvalue weighted by Crippen LogP contribution is 2.25. The Kier molecular flexibility index (Phi) is 1.72. The summed E-state index contributed by atoms with van der Waals surface area (Å²) in [4.78, 5) is 4.45. The molecule has 3 nitrogen and oxygen atoms in total. The number of benzene rings is 1. The second-order valence-corrected chi connectivity index (χ2v) is 4.14. The van der Waals surface area contributed by atoms with Gasteiger partial charge in [0.2, 0.25) is 0 Å². The van der Waals surface area contributed by atoms with Gasteiger partial charge in [0.1, 0.15) is 11.4 Å². The predicted octanol–water partition coefficient (Wildman–Crippen LogP) is 2.81. The summed E-state index contributed by atoms with van der Waals surface area (Å²) in [5.74, 6) is 0.298. The first-order valence-corrected chi connectivity index (χ1v) is 5.23. The van der Waals surface area contributed by atoms with Crippen molar-refractivity contribution < 1.29 is 5.11 Å². The van der Waals surface area contributed by atoms with Crippen LogP contribution in [0.25, 0.3) is 16.6 Å². The lowest BCUT2D eigenvalue weighted by molar-refractivity contribution is 0.476. The average Bonchev–Trinajstić information content (AvgIpc) is 2.59. The van der Waals surface area contributed by atoms with Crippen molar-refractivity contribution in [3.8, 4) is 5.75 Å². The van der Waals surface area contributed by atoms with Crippen molar-refractivity contribution >= 4 is 16.6 Å². The van der Waals surface area contributed by atoms with E-state index in [1.54, 1.807) is 12.1 Å². The standard InChI is InChI=1S/C13H12N2O/c1-8-5-13-14-9(2)7-15(13)12-4-3-10(16)6-11(8)12/h3-7,16H,1-2H3. The van der Waals surface area contributed by atoms with Crippen LogP contribution in [-0.2, 0) is 0 Å². The third-order valence-electron chi connectivity index (χ3n) is 2.86. The Morgan fingerprint density at radius 1 is 1.19 bits per heavy atom. The van der Waals surface area contributed by atoms with Crippen LogP contribution in [0.5, 0.6) is 5.75 Å². The first-order valence-electron chi connectivity index (χ1n) is 5.23. The van der Waals surface area contributed by atoms with Crippen LogP contribution in [0.15, 0.2) is 30.5 Å². The van der Waals surface area contributed by atoms with Gasteiger partial charge in [-0.15, -0.1) is 0 Å². The van der Waals surface area contributed by atoms with Crippen LogP contribution in [-0.4, -0.2) is 14.5 Å². The second kappa shape index (κ2) is 2.98. The summed E-state index contributed by atoms with van der Waals surface area (Å²) < 4.78 is 2.05. The molecule has 2 aromatic heterocycles. The fourth-order valence-electron chi connectivity index (χ4n) is 2.13. The predicted molar refractivity (Wildman–Crippen MR) is 63.8 cm³/mol. The van der Waals surface area contributed by atoms with Gasteiger partial charge in [0.05, 0.1) is 11.2 Å². The number of pyridine rings is 1. The van der Waals surface area contributed by atoms with Crippen molar-refractivity contribution in [2.24, 2.45) is 0 Å². The van der Waals surface area contributed by atoms with Crippen molar-refractivity contribution in [3.63, 3.8) is 0 Å². The van der Waals surface area contributed by atoms with Gasteiger partial charge in [-0.2, -0.15) is 0 Å². The minimum atomic E-state index is 0.298. The number of aryl methyl sites for hydroxylation is 2. The van der Waals surface area contributed by atoms with Crippen LogP contribution in [0, 0.1) is 13.8 Å². The normalized spacial score (nSPS) is 11.4. The molecule has 0 unspecified atom stereocenters. The summed E-state index contributed by atoms with van der Waals surface area (Å²) in [5, 5.41) is 10.6. The highest BCUT2D eigenvalue weighted by Gasteiger charge is 2.06. The van der Waals surface area contributed by atoms with Crippen molar-refractivity contribution in [2.75, 3.05) is 0 Å². The van der Waals surface area contributed by atoms with E-state index in [2.05, 4.69) is 9.38 Å². The van der Waals surface area contributed by atoms with Gasteiger partial charge in [-0.3, -0.25) is 4.40 Å². The Labute approximate surface area is 93.0 Å². The van der Waals surface area contributed by atoms with Gasteiger partial charge >= 0.3 is 0 Å². The maximum absolute atomic E-state index is 9.51. The Morgan fingerprint density at radius 3 is 2.81 bits per heavy atom. The quantitative estimate of drug-likeness (QED) is 0.622. The second-order valence-electron chi connectivity index (χ2n) is 4.14. The number of phenols is 1. The third kappa shape index (κ3) is 1.18. The van der Waals surface area contributed by atoms with Crippen LogP contribution in [0.4, 0.5) is 0 Å². The fraction of sp³-hybridized carbons (Fsp3) is 0.154. The summed E-state index contributed by atoms with van der Waals surface area (Å²) in [7, 11) is 0. The molecule has 1 aromatic carbocycles. The lowest BCUT2D eigenvalue weighted by Crippen LogP contribution is -1.89. The monoisotopic (exact) mass is 212 g/mol. The van der Waals surface area contributed by atoms with E-state index in [1.807, 2.05) is 32.2 Å². The van der Waals surface area contributed by atoms with Crippen LogP contribution in [0.1, 0.15) is 11.3 Å². The SMILES string of the molecule is Cc1cn2c(cc(C)c3cc(O)ccc32)n1. The summed E-state index contributed by atoms with van der Waals surface area (Å²) >= 11 is 0. The first kappa shape index (κ1) is 9.21. The molecule has 0 radical (unpaired) electrons. The highest BCUT2D eigenvalue weighted by atomic mass is 16.3. The van der Waals surface area contributed by atoms with E-state index in [-0.39, 0.29) is 0 Å². The number of nitrogens with zero attached hydrogens (tertiary/aromatic N) is 2. The van der Waals surface area contributed by atoms with Crippen molar-refractivity contribution in [1.82, 2.24) is 9.38 Å². The van der Waals surface area contributed by atoms with Crippen molar-refractivity contribution in [2.45, 2.75) is 13.8 Å². The van der Waals surface area contributed by atoms with Crippen LogP contribution in [0.2, 0.25) is 0 Å². The molecule has 0 spiro atoms. The summed E-state index contributed by atoms with van der Waals surface area (Å²) in [6.45, 7) is 4.01. The number of hydrogen-bond donors (Lipinski definition) is 1. The lowest BCUT2D eigenvalue weighted by atomic mass is 10.1. The zero-order valence-electron chi connectivity index (χ0n) is 9.23. The van der Waals surface area contributed by atoms with Gasteiger partial charge in [-0.05, 0) is 43.7 Å². The molecule has 0 atom stereocenters. The molecule has 80 valence electrons. The molecule has 0 aliphatic rings. The average molecular weight is 212 g/mol. The minimum Gasteiger partial charge on any atom is -0.508 e. The van der Waals surface area contributed by atoms with Crippen LogP contribution >= 0.6 is 0 Å². The highest BCUT2D eigenvalue weighted by molar-refractivity contribution is 5.86. The van der Waals surface area contributed by atoms with E-state index in [0.717, 1.165) is 27.8 Å². The maximum atomic E-state index is 9.51. The molecule has 0 amide bonds. The Morgan fingerprint density at radius 2 is 2.00 bits per heavy atom. The first-order chi connectivity index (χ1) is 7.65. The number of rotatable bonds is 0. The van der Waals surface area contributed by atoms with Crippen LogP contribution in [0.3, 0.4) is 0 Å². The van der Waals surface area contributed by atoms with Crippen LogP contribution < -0.4 is 0 Å². The Balaban J connectivity index is 2.58. The zero-order valence-corrected chi connectivity index (χ0v) is 9.23. The van der Waals surface area contributed by atoms with Gasteiger partial charge in [0.25, 0.3) is 0 Å². The molecule has 16 heavy (non-hydrogen) atoms. The zero-order chi connectivity index (χ0) is 11.3. The van der Waals surface area contributed by atoms with E-state index in [9.17, 15) is 5.11 Å². The molecular formula is C13H12N2O. The topological polar surface area (TPSA) is 37.5 Å². The van der Waals surface area contributed by atoms with E-state index < -0.39 is 0 Å². The lowest BCUT2D eigenvalue weighted by Gasteiger charge is -2.05. The molecule has 0 aliphatic carbocycles. The molecule has 3 heteroatoms. The fourth-order valence-corrected chi connectivity index (χ4v) is 2.13. The molecule has 3 aromatic rings. The molecule has 0 aliphatic heterocycles. The number of aromatic nitrogens is 2. The molecule has 0 saturated heterocycles. The van der Waals surface area contributed by atoms with E-state index in [1.165, 1.54) is 0 Å². The van der Waals surface area contributed by atoms with Gasteiger partial charge in [-0.25, -0.2) is 4.98 Å². The maximum Gasteiger partial charge on any atom is 0.137 e. The molecule has 3 rings (SSSR count). The third-order valence-corrected chi connectivity index (χ3v) is 2.86. The Hall–Kier alpha value is -2.03. The number of aromatic hydroxyl groups is 1. The van der Waals surface area contributed by atoms with E-state index in [0.29, 0.717) is 5.75 Å². The molecular weight excluding hydrogens is 200 g/mol. The van der Waals surface area contributed by atoms with E-state index in [4.69, 9.17) is 0 Å². The molecule has 0 saturated carbocycles. The molecule has 1 N–H and O–H groups in total. The van der Waals surface area contributed by atoms with Gasteiger partial charge in [0, 0.05) is 11.6 Å². The molecule has 2 heterocycles. The number of hydrogen-bond acceptors (Lipinski definition) is 2. The van der Waals surface area contributed by atoms with Gasteiger partial charge < -0.3 is 5.11 Å². The largest absolute Gasteiger partial charge is 0.508 e.